The van der Waals surface area contributed by atoms with Crippen molar-refractivity contribution in [2.75, 3.05) is 6.67 Å². The fraction of sp³-hybridized carbons (Fsp3) is 0.548. The van der Waals surface area contributed by atoms with E-state index >= 15 is 0 Å². The molecule has 2 aromatic carbocycles. The van der Waals surface area contributed by atoms with Gasteiger partial charge < -0.3 is 0 Å². The van der Waals surface area contributed by atoms with Crippen LogP contribution in [-0.4, -0.2) is 6.67 Å². The molecule has 2 fully saturated rings. The molecule has 0 aromatic heterocycles. The number of alkyl halides is 1. The van der Waals surface area contributed by atoms with Crippen molar-refractivity contribution in [2.45, 2.75) is 77.6 Å². The molecule has 2 aliphatic carbocycles. The Morgan fingerprint density at radius 1 is 0.688 bits per heavy atom. The van der Waals surface area contributed by atoms with Crippen LogP contribution in [0.15, 0.2) is 60.7 Å². The van der Waals surface area contributed by atoms with Crippen LogP contribution in [0.2, 0.25) is 0 Å². The summed E-state index contributed by atoms with van der Waals surface area (Å²) in [7, 11) is 0. The zero-order valence-corrected chi connectivity index (χ0v) is 19.9. The van der Waals surface area contributed by atoms with Gasteiger partial charge >= 0.3 is 0 Å². The van der Waals surface area contributed by atoms with E-state index in [-0.39, 0.29) is 6.67 Å². The van der Waals surface area contributed by atoms with Crippen molar-refractivity contribution in [3.05, 3.63) is 71.8 Å². The van der Waals surface area contributed by atoms with Crippen LogP contribution in [-0.2, 0) is 12.8 Å². The molecule has 0 amide bonds. The van der Waals surface area contributed by atoms with Crippen molar-refractivity contribution in [2.24, 2.45) is 23.7 Å². The summed E-state index contributed by atoms with van der Waals surface area (Å²) in [5.41, 5.74) is 5.01. The normalized spacial score (nSPS) is 26.4. The zero-order chi connectivity index (χ0) is 22.2. The van der Waals surface area contributed by atoms with E-state index in [1.807, 2.05) is 12.1 Å². The average Bonchev–Trinajstić information content (AvgIpc) is 2.85. The molecule has 0 unspecified atom stereocenters. The van der Waals surface area contributed by atoms with Crippen LogP contribution in [0.25, 0.3) is 11.1 Å². The first-order valence-electron chi connectivity index (χ1n) is 13.1. The summed E-state index contributed by atoms with van der Waals surface area (Å²) < 4.78 is 12.5. The highest BCUT2D eigenvalue weighted by Gasteiger charge is 2.30. The highest BCUT2D eigenvalue weighted by atomic mass is 19.1. The first kappa shape index (κ1) is 23.3. The van der Waals surface area contributed by atoms with E-state index in [0.717, 1.165) is 29.2 Å². The number of allylic oxidation sites excluding steroid dienone is 2. The smallest absolute Gasteiger partial charge is 0.0934 e. The minimum absolute atomic E-state index is 0.284. The van der Waals surface area contributed by atoms with Crippen LogP contribution in [0, 0.1) is 23.7 Å². The van der Waals surface area contributed by atoms with Gasteiger partial charge in [0.25, 0.3) is 0 Å². The Morgan fingerprint density at radius 2 is 1.19 bits per heavy atom. The second kappa shape index (κ2) is 11.8. The first-order valence-corrected chi connectivity index (χ1v) is 13.1. The van der Waals surface area contributed by atoms with Gasteiger partial charge in [-0.15, -0.1) is 0 Å². The van der Waals surface area contributed by atoms with Gasteiger partial charge in [-0.1, -0.05) is 73.5 Å². The average molecular weight is 433 g/mol. The fourth-order valence-electron chi connectivity index (χ4n) is 6.24. The molecule has 0 spiro atoms. The van der Waals surface area contributed by atoms with Crippen LogP contribution in [0.3, 0.4) is 0 Å². The third-order valence-electron chi connectivity index (χ3n) is 8.30. The van der Waals surface area contributed by atoms with Gasteiger partial charge in [0.1, 0.15) is 0 Å². The zero-order valence-electron chi connectivity index (χ0n) is 19.9. The van der Waals surface area contributed by atoms with Crippen molar-refractivity contribution < 1.29 is 4.39 Å². The monoisotopic (exact) mass is 432 g/mol. The second-order valence-electron chi connectivity index (χ2n) is 10.4. The molecule has 4 rings (SSSR count). The van der Waals surface area contributed by atoms with E-state index in [9.17, 15) is 4.39 Å². The molecule has 0 bridgehead atoms. The molecule has 2 saturated carbocycles. The maximum Gasteiger partial charge on any atom is 0.0934 e. The van der Waals surface area contributed by atoms with Gasteiger partial charge in [-0.3, -0.25) is 4.39 Å². The third-order valence-corrected chi connectivity index (χ3v) is 8.30. The predicted octanol–water partition coefficient (Wildman–Crippen LogP) is 8.99. The van der Waals surface area contributed by atoms with Crippen molar-refractivity contribution in [3.63, 3.8) is 0 Å². The Labute approximate surface area is 195 Å². The minimum Gasteiger partial charge on any atom is -0.251 e. The van der Waals surface area contributed by atoms with Crippen molar-refractivity contribution in [1.82, 2.24) is 0 Å². The predicted molar refractivity (Wildman–Crippen MR) is 136 cm³/mol. The lowest BCUT2D eigenvalue weighted by atomic mass is 9.68. The Bertz CT molecular complexity index is 816. The van der Waals surface area contributed by atoms with Crippen LogP contribution in [0.4, 0.5) is 4.39 Å². The van der Waals surface area contributed by atoms with E-state index in [2.05, 4.69) is 55.5 Å². The van der Waals surface area contributed by atoms with Crippen molar-refractivity contribution >= 4 is 0 Å². The Balaban J connectivity index is 1.19. The largest absolute Gasteiger partial charge is 0.251 e. The lowest BCUT2D eigenvalue weighted by Gasteiger charge is -2.37. The standard InChI is InChI=1S/C31H41F/c1-2-3-24-6-14-28(15-7-24)29-16-8-25(9-17-29)4-5-26-10-18-30(19-11-26)31-20-12-27(13-21-31)22-23-32/h2-3,10-13,18-21,24-25,28-29H,4-9,14-17,22-23H2,1H3/b3-2+. The highest BCUT2D eigenvalue weighted by Crippen LogP contribution is 2.42. The topological polar surface area (TPSA) is 0 Å². The molecule has 0 atom stereocenters. The summed E-state index contributed by atoms with van der Waals surface area (Å²) in [6, 6.07) is 17.4. The van der Waals surface area contributed by atoms with E-state index in [1.165, 1.54) is 80.9 Å². The Morgan fingerprint density at radius 3 is 1.69 bits per heavy atom. The molecule has 1 heteroatoms. The van der Waals surface area contributed by atoms with Gasteiger partial charge in [-0.05, 0) is 104 Å². The molecule has 0 nitrogen and oxygen atoms in total. The van der Waals surface area contributed by atoms with Gasteiger partial charge in [0.15, 0.2) is 0 Å². The van der Waals surface area contributed by atoms with Gasteiger partial charge in [-0.2, -0.15) is 0 Å². The molecule has 0 saturated heterocycles. The van der Waals surface area contributed by atoms with Crippen LogP contribution in [0.5, 0.6) is 0 Å². The number of hydrogen-bond donors (Lipinski definition) is 0. The summed E-state index contributed by atoms with van der Waals surface area (Å²) in [5.74, 6) is 3.80. The first-order chi connectivity index (χ1) is 15.7. The molecular weight excluding hydrogens is 391 g/mol. The molecule has 2 aliphatic rings. The SMILES string of the molecule is C/C=C/C1CCC(C2CCC(CCc3ccc(-c4ccc(CCF)cc4)cc3)CC2)CC1. The molecule has 0 radical (unpaired) electrons. The number of hydrogen-bond acceptors (Lipinski definition) is 0. The summed E-state index contributed by atoms with van der Waals surface area (Å²) >= 11 is 0. The number of aryl methyl sites for hydroxylation is 2. The number of halogens is 1. The van der Waals surface area contributed by atoms with Gasteiger partial charge in [0.05, 0.1) is 6.67 Å². The quantitative estimate of drug-likeness (QED) is 0.365. The van der Waals surface area contributed by atoms with Gasteiger partial charge in [-0.25, -0.2) is 0 Å². The van der Waals surface area contributed by atoms with Crippen LogP contribution in [0.1, 0.15) is 75.8 Å². The molecule has 0 aliphatic heterocycles. The number of rotatable bonds is 8. The van der Waals surface area contributed by atoms with E-state index in [1.54, 1.807) is 0 Å². The number of benzene rings is 2. The van der Waals surface area contributed by atoms with E-state index in [4.69, 9.17) is 0 Å². The van der Waals surface area contributed by atoms with Crippen LogP contribution >= 0.6 is 0 Å². The van der Waals surface area contributed by atoms with E-state index in [0.29, 0.717) is 6.42 Å². The lowest BCUT2D eigenvalue weighted by Crippen LogP contribution is -2.25. The lowest BCUT2D eigenvalue weighted by molar-refractivity contribution is 0.152. The summed E-state index contributed by atoms with van der Waals surface area (Å²) in [5, 5.41) is 0. The third kappa shape index (κ3) is 6.33. The Hall–Kier alpha value is -1.89. The fourth-order valence-corrected chi connectivity index (χ4v) is 6.24. The van der Waals surface area contributed by atoms with E-state index < -0.39 is 0 Å². The summed E-state index contributed by atoms with van der Waals surface area (Å²) in [4.78, 5) is 0. The summed E-state index contributed by atoms with van der Waals surface area (Å²) in [6.45, 7) is 1.88. The van der Waals surface area contributed by atoms with Gasteiger partial charge in [0.2, 0.25) is 0 Å². The van der Waals surface area contributed by atoms with Gasteiger partial charge in [0, 0.05) is 6.42 Å². The molecular formula is C31H41F. The van der Waals surface area contributed by atoms with Crippen molar-refractivity contribution in [1.29, 1.82) is 0 Å². The second-order valence-corrected chi connectivity index (χ2v) is 10.4. The molecule has 0 heterocycles. The van der Waals surface area contributed by atoms with Crippen LogP contribution < -0.4 is 0 Å². The highest BCUT2D eigenvalue weighted by molar-refractivity contribution is 5.64. The Kier molecular flexibility index (Phi) is 8.60. The summed E-state index contributed by atoms with van der Waals surface area (Å²) in [6.07, 6.45) is 19.4. The molecule has 0 N–H and O–H groups in total. The maximum atomic E-state index is 12.5. The maximum absolute atomic E-state index is 12.5. The molecule has 2 aromatic rings. The molecule has 32 heavy (non-hydrogen) atoms. The minimum atomic E-state index is -0.284. The van der Waals surface area contributed by atoms with Crippen molar-refractivity contribution in [3.8, 4) is 11.1 Å². The molecule has 172 valence electrons.